The lowest BCUT2D eigenvalue weighted by molar-refractivity contribution is 0.456. The van der Waals surface area contributed by atoms with E-state index in [1.54, 1.807) is 5.56 Å². The van der Waals surface area contributed by atoms with Gasteiger partial charge in [-0.2, -0.15) is 0 Å². The number of hydrogen-bond donors (Lipinski definition) is 2. The highest BCUT2D eigenvalue weighted by Gasteiger charge is 2.21. The highest BCUT2D eigenvalue weighted by atomic mass is 32.2. The molecule has 3 heteroatoms. The zero-order valence-corrected chi connectivity index (χ0v) is 10.3. The van der Waals surface area contributed by atoms with Gasteiger partial charge in [-0.05, 0) is 43.5 Å². The highest BCUT2D eigenvalue weighted by Crippen LogP contribution is 2.39. The van der Waals surface area contributed by atoms with E-state index < -0.39 is 0 Å². The first-order chi connectivity index (χ1) is 7.95. The average molecular weight is 234 g/mol. The molecule has 3 rings (SSSR count). The molecule has 2 aliphatic rings. The molecule has 16 heavy (non-hydrogen) atoms. The van der Waals surface area contributed by atoms with Gasteiger partial charge in [-0.3, -0.25) is 0 Å². The van der Waals surface area contributed by atoms with Crippen molar-refractivity contribution in [2.24, 2.45) is 0 Å². The van der Waals surface area contributed by atoms with Crippen LogP contribution in [-0.2, 0) is 0 Å². The maximum atomic E-state index is 3.51. The van der Waals surface area contributed by atoms with Gasteiger partial charge in [0.15, 0.2) is 0 Å². The summed E-state index contributed by atoms with van der Waals surface area (Å²) >= 11 is 2.03. The summed E-state index contributed by atoms with van der Waals surface area (Å²) in [5.41, 5.74) is 2.93. The van der Waals surface area contributed by atoms with Gasteiger partial charge >= 0.3 is 0 Å². The zero-order chi connectivity index (χ0) is 10.8. The predicted molar refractivity (Wildman–Crippen MR) is 70.5 cm³/mol. The molecule has 2 aliphatic heterocycles. The van der Waals surface area contributed by atoms with Crippen LogP contribution in [0.5, 0.6) is 0 Å². The van der Waals surface area contributed by atoms with Crippen molar-refractivity contribution >= 4 is 17.4 Å². The Morgan fingerprint density at radius 1 is 1.12 bits per heavy atom. The second-order valence-corrected chi connectivity index (χ2v) is 5.63. The molecule has 0 atom stereocenters. The van der Waals surface area contributed by atoms with Crippen LogP contribution in [0.15, 0.2) is 23.1 Å². The first-order valence-corrected chi connectivity index (χ1v) is 7.14. The Kier molecular flexibility index (Phi) is 3.06. The minimum absolute atomic E-state index is 0.767. The third-order valence-electron chi connectivity index (χ3n) is 3.49. The van der Waals surface area contributed by atoms with Crippen molar-refractivity contribution in [2.75, 3.05) is 30.7 Å². The maximum Gasteiger partial charge on any atom is 0.0481 e. The summed E-state index contributed by atoms with van der Waals surface area (Å²) in [7, 11) is 0. The predicted octanol–water partition coefficient (Wildman–Crippen LogP) is 2.67. The molecule has 0 unspecified atom stereocenters. The SMILES string of the molecule is c1cc2c(c(C3CCNCC3)c1)SCCN2. The third-order valence-corrected chi connectivity index (χ3v) is 4.64. The fraction of sp³-hybridized carbons (Fsp3) is 0.538. The monoisotopic (exact) mass is 234 g/mol. The number of rotatable bonds is 1. The normalized spacial score (nSPS) is 21.2. The van der Waals surface area contributed by atoms with E-state index in [0.29, 0.717) is 0 Å². The van der Waals surface area contributed by atoms with Gasteiger partial charge in [-0.15, -0.1) is 11.8 Å². The number of benzene rings is 1. The van der Waals surface area contributed by atoms with Crippen molar-refractivity contribution in [2.45, 2.75) is 23.7 Å². The molecule has 2 N–H and O–H groups in total. The van der Waals surface area contributed by atoms with Gasteiger partial charge in [0.05, 0.1) is 0 Å². The minimum Gasteiger partial charge on any atom is -0.383 e. The average Bonchev–Trinajstić information content (AvgIpc) is 2.39. The quantitative estimate of drug-likeness (QED) is 0.781. The van der Waals surface area contributed by atoms with Gasteiger partial charge < -0.3 is 10.6 Å². The Labute approximate surface area is 101 Å². The lowest BCUT2D eigenvalue weighted by Crippen LogP contribution is -2.27. The van der Waals surface area contributed by atoms with E-state index in [1.165, 1.54) is 42.3 Å². The molecule has 1 aromatic rings. The van der Waals surface area contributed by atoms with Crippen LogP contribution in [0.3, 0.4) is 0 Å². The maximum absolute atomic E-state index is 3.51. The van der Waals surface area contributed by atoms with Crippen molar-refractivity contribution in [1.29, 1.82) is 0 Å². The van der Waals surface area contributed by atoms with Crippen LogP contribution in [0.4, 0.5) is 5.69 Å². The van der Waals surface area contributed by atoms with Crippen LogP contribution in [0.25, 0.3) is 0 Å². The Bertz CT molecular complexity index is 372. The smallest absolute Gasteiger partial charge is 0.0481 e. The van der Waals surface area contributed by atoms with Gasteiger partial charge in [-0.25, -0.2) is 0 Å². The van der Waals surface area contributed by atoms with Crippen LogP contribution >= 0.6 is 11.8 Å². The van der Waals surface area contributed by atoms with Gasteiger partial charge in [0.1, 0.15) is 0 Å². The van der Waals surface area contributed by atoms with E-state index in [4.69, 9.17) is 0 Å². The fourth-order valence-corrected chi connectivity index (χ4v) is 3.75. The molecule has 0 amide bonds. The molecule has 0 aliphatic carbocycles. The second kappa shape index (κ2) is 4.68. The van der Waals surface area contributed by atoms with E-state index in [-0.39, 0.29) is 0 Å². The first-order valence-electron chi connectivity index (χ1n) is 6.15. The zero-order valence-electron chi connectivity index (χ0n) is 9.46. The van der Waals surface area contributed by atoms with Crippen LogP contribution < -0.4 is 10.6 Å². The molecule has 86 valence electrons. The van der Waals surface area contributed by atoms with Crippen molar-refractivity contribution in [1.82, 2.24) is 5.32 Å². The summed E-state index contributed by atoms with van der Waals surface area (Å²) < 4.78 is 0. The molecule has 0 bridgehead atoms. The number of piperidine rings is 1. The highest BCUT2D eigenvalue weighted by molar-refractivity contribution is 7.99. The van der Waals surface area contributed by atoms with Crippen molar-refractivity contribution in [3.63, 3.8) is 0 Å². The van der Waals surface area contributed by atoms with E-state index in [0.717, 1.165) is 12.5 Å². The van der Waals surface area contributed by atoms with Crippen LogP contribution in [0, 0.1) is 0 Å². The lowest BCUT2D eigenvalue weighted by Gasteiger charge is -2.28. The molecule has 0 spiro atoms. The van der Waals surface area contributed by atoms with Gasteiger partial charge in [-0.1, -0.05) is 12.1 Å². The number of thioether (sulfide) groups is 1. The molecule has 1 aromatic carbocycles. The molecule has 2 nitrogen and oxygen atoms in total. The van der Waals surface area contributed by atoms with E-state index in [9.17, 15) is 0 Å². The summed E-state index contributed by atoms with van der Waals surface area (Å²) in [5, 5.41) is 6.95. The Morgan fingerprint density at radius 2 is 2.00 bits per heavy atom. The molecular formula is C13H18N2S. The van der Waals surface area contributed by atoms with Crippen molar-refractivity contribution < 1.29 is 0 Å². The second-order valence-electron chi connectivity index (χ2n) is 4.52. The third kappa shape index (κ3) is 1.94. The first kappa shape index (κ1) is 10.5. The van der Waals surface area contributed by atoms with Crippen LogP contribution in [0.2, 0.25) is 0 Å². The largest absolute Gasteiger partial charge is 0.383 e. The number of hydrogen-bond acceptors (Lipinski definition) is 3. The Balaban J connectivity index is 1.93. The Hall–Kier alpha value is -0.670. The summed E-state index contributed by atoms with van der Waals surface area (Å²) in [6.07, 6.45) is 2.58. The number of anilines is 1. The summed E-state index contributed by atoms with van der Waals surface area (Å²) in [5.74, 6) is 1.97. The van der Waals surface area contributed by atoms with Crippen molar-refractivity contribution in [3.05, 3.63) is 23.8 Å². The summed E-state index contributed by atoms with van der Waals surface area (Å²) in [4.78, 5) is 1.51. The molecule has 0 saturated carbocycles. The Morgan fingerprint density at radius 3 is 2.88 bits per heavy atom. The van der Waals surface area contributed by atoms with Gasteiger partial charge in [0.25, 0.3) is 0 Å². The minimum atomic E-state index is 0.767. The van der Waals surface area contributed by atoms with Gasteiger partial charge in [0.2, 0.25) is 0 Å². The summed E-state index contributed by atoms with van der Waals surface area (Å²) in [6.45, 7) is 3.45. The molecule has 2 heterocycles. The molecule has 0 aromatic heterocycles. The standard InChI is InChI=1S/C13H18N2S/c1-2-11(10-4-6-14-7-5-10)13-12(3-1)15-8-9-16-13/h1-3,10,14-15H,4-9H2. The molecule has 1 saturated heterocycles. The van der Waals surface area contributed by atoms with Crippen LogP contribution in [-0.4, -0.2) is 25.4 Å². The van der Waals surface area contributed by atoms with Gasteiger partial charge in [0, 0.05) is 22.9 Å². The lowest BCUT2D eigenvalue weighted by atomic mass is 9.90. The topological polar surface area (TPSA) is 24.1 Å². The number of nitrogens with one attached hydrogen (secondary N) is 2. The molecule has 1 fully saturated rings. The summed E-state index contributed by atoms with van der Waals surface area (Å²) in [6, 6.07) is 6.75. The van der Waals surface area contributed by atoms with E-state index >= 15 is 0 Å². The molecule has 0 radical (unpaired) electrons. The van der Waals surface area contributed by atoms with E-state index in [2.05, 4.69) is 28.8 Å². The fourth-order valence-electron chi connectivity index (χ4n) is 2.65. The number of fused-ring (bicyclic) bond motifs is 1. The molecular weight excluding hydrogens is 216 g/mol. The van der Waals surface area contributed by atoms with Crippen LogP contribution in [0.1, 0.15) is 24.3 Å². The van der Waals surface area contributed by atoms with E-state index in [1.807, 2.05) is 11.8 Å². The van der Waals surface area contributed by atoms with Crippen molar-refractivity contribution in [3.8, 4) is 0 Å².